The molecule has 6 N–H and O–H groups in total. The lowest BCUT2D eigenvalue weighted by molar-refractivity contribution is -0.349. The lowest BCUT2D eigenvalue weighted by Crippen LogP contribution is -2.63. The van der Waals surface area contributed by atoms with E-state index in [0.717, 1.165) is 0 Å². The largest absolute Gasteiger partial charge is 0.388 e. The molecule has 124 valence electrons. The van der Waals surface area contributed by atoms with E-state index in [0.29, 0.717) is 0 Å². The van der Waals surface area contributed by atoms with Gasteiger partial charge in [0.2, 0.25) is 0 Å². The molecule has 10 atom stereocenters. The molecule has 0 spiro atoms. The van der Waals surface area contributed by atoms with Crippen LogP contribution in [0.4, 0.5) is 0 Å². The van der Waals surface area contributed by atoms with Gasteiger partial charge >= 0.3 is 0 Å². The van der Waals surface area contributed by atoms with Crippen LogP contribution in [0.5, 0.6) is 0 Å². The minimum absolute atomic E-state index is 0.804. The molecular formula is C12H22O9. The van der Waals surface area contributed by atoms with Gasteiger partial charge in [-0.25, -0.2) is 0 Å². The van der Waals surface area contributed by atoms with Crippen LogP contribution >= 0.6 is 0 Å². The molecule has 9 nitrogen and oxygen atoms in total. The zero-order valence-electron chi connectivity index (χ0n) is 11.7. The number of aliphatic hydroxyl groups excluding tert-OH is 6. The van der Waals surface area contributed by atoms with Crippen LogP contribution in [0.3, 0.4) is 0 Å². The van der Waals surface area contributed by atoms with Crippen molar-refractivity contribution >= 4 is 0 Å². The summed E-state index contributed by atoms with van der Waals surface area (Å²) in [6.07, 6.45) is -13.0. The molecule has 1 unspecified atom stereocenters. The van der Waals surface area contributed by atoms with E-state index in [2.05, 4.69) is 0 Å². The highest BCUT2D eigenvalue weighted by Gasteiger charge is 2.48. The molecular weight excluding hydrogens is 288 g/mol. The molecule has 2 saturated heterocycles. The molecule has 2 rings (SSSR count). The number of rotatable bonds is 2. The third-order valence-electron chi connectivity index (χ3n) is 3.90. The molecule has 0 bridgehead atoms. The van der Waals surface area contributed by atoms with Crippen molar-refractivity contribution in [3.63, 3.8) is 0 Å². The Kier molecular flexibility index (Phi) is 5.19. The van der Waals surface area contributed by atoms with Gasteiger partial charge in [-0.3, -0.25) is 0 Å². The number of ether oxygens (including phenoxy) is 3. The topological polar surface area (TPSA) is 149 Å². The molecule has 0 aromatic carbocycles. The first kappa shape index (κ1) is 17.0. The summed E-state index contributed by atoms with van der Waals surface area (Å²) in [5.74, 6) is 0. The van der Waals surface area contributed by atoms with E-state index in [9.17, 15) is 30.6 Å². The van der Waals surface area contributed by atoms with Crippen molar-refractivity contribution in [1.82, 2.24) is 0 Å². The Morgan fingerprint density at radius 3 is 1.86 bits per heavy atom. The van der Waals surface area contributed by atoms with Crippen LogP contribution in [0, 0.1) is 0 Å². The number of hydrogen-bond acceptors (Lipinski definition) is 9. The monoisotopic (exact) mass is 310 g/mol. The predicted molar refractivity (Wildman–Crippen MR) is 65.8 cm³/mol. The summed E-state index contributed by atoms with van der Waals surface area (Å²) in [6.45, 7) is 2.96. The van der Waals surface area contributed by atoms with E-state index in [1.165, 1.54) is 13.8 Å². The second-order valence-electron chi connectivity index (χ2n) is 5.50. The quantitative estimate of drug-likeness (QED) is 0.308. The third-order valence-corrected chi connectivity index (χ3v) is 3.90. The minimum Gasteiger partial charge on any atom is -0.388 e. The average molecular weight is 310 g/mol. The third kappa shape index (κ3) is 3.21. The molecule has 0 saturated carbocycles. The Morgan fingerprint density at radius 2 is 1.24 bits per heavy atom. The first-order valence-electron chi connectivity index (χ1n) is 6.78. The van der Waals surface area contributed by atoms with E-state index in [4.69, 9.17) is 14.2 Å². The summed E-state index contributed by atoms with van der Waals surface area (Å²) in [4.78, 5) is 0. The van der Waals surface area contributed by atoms with Gasteiger partial charge in [-0.1, -0.05) is 0 Å². The van der Waals surface area contributed by atoms with Gasteiger partial charge < -0.3 is 44.8 Å². The smallest absolute Gasteiger partial charge is 0.187 e. The van der Waals surface area contributed by atoms with Crippen LogP contribution in [0.1, 0.15) is 13.8 Å². The van der Waals surface area contributed by atoms with Gasteiger partial charge in [0.1, 0.15) is 36.6 Å². The Bertz CT molecular complexity index is 340. The Morgan fingerprint density at radius 1 is 0.667 bits per heavy atom. The zero-order valence-corrected chi connectivity index (χ0v) is 11.7. The van der Waals surface area contributed by atoms with Crippen molar-refractivity contribution in [1.29, 1.82) is 0 Å². The maximum atomic E-state index is 9.96. The van der Waals surface area contributed by atoms with Crippen molar-refractivity contribution in [2.45, 2.75) is 75.3 Å². The van der Waals surface area contributed by atoms with Crippen LogP contribution < -0.4 is 0 Å². The maximum Gasteiger partial charge on any atom is 0.187 e. The fourth-order valence-corrected chi connectivity index (χ4v) is 2.45. The van der Waals surface area contributed by atoms with Crippen molar-refractivity contribution < 1.29 is 44.8 Å². The number of hydrogen-bond donors (Lipinski definition) is 6. The predicted octanol–water partition coefficient (Wildman–Crippen LogP) is -3.34. The molecule has 0 radical (unpaired) electrons. The van der Waals surface area contributed by atoms with E-state index in [-0.39, 0.29) is 0 Å². The molecule has 2 aliphatic rings. The SMILES string of the molecule is C[C@@H]1OC(O)[C@H](O)[C@H](O[C@@H]2O[C@H](C)[C@H](O)[C@H](O)[C@H]2O)[C@H]1O. The van der Waals surface area contributed by atoms with Crippen LogP contribution in [0.25, 0.3) is 0 Å². The van der Waals surface area contributed by atoms with Crippen molar-refractivity contribution in [2.75, 3.05) is 0 Å². The molecule has 21 heavy (non-hydrogen) atoms. The van der Waals surface area contributed by atoms with Gasteiger partial charge in [-0.2, -0.15) is 0 Å². The van der Waals surface area contributed by atoms with E-state index in [1.54, 1.807) is 0 Å². The lowest BCUT2D eigenvalue weighted by Gasteiger charge is -2.44. The van der Waals surface area contributed by atoms with E-state index < -0.39 is 61.4 Å². The molecule has 0 amide bonds. The summed E-state index contributed by atoms with van der Waals surface area (Å²) in [7, 11) is 0. The second kappa shape index (κ2) is 6.41. The summed E-state index contributed by atoms with van der Waals surface area (Å²) in [5, 5.41) is 58.4. The van der Waals surface area contributed by atoms with Gasteiger partial charge in [0.25, 0.3) is 0 Å². The van der Waals surface area contributed by atoms with Crippen LogP contribution in [0.15, 0.2) is 0 Å². The molecule has 9 heteroatoms. The summed E-state index contributed by atoms with van der Waals surface area (Å²) in [6, 6.07) is 0. The fourth-order valence-electron chi connectivity index (χ4n) is 2.45. The van der Waals surface area contributed by atoms with Crippen molar-refractivity contribution in [2.24, 2.45) is 0 Å². The first-order valence-corrected chi connectivity index (χ1v) is 6.78. The summed E-state index contributed by atoms with van der Waals surface area (Å²) >= 11 is 0. The standard InChI is InChI=1S/C12H22O9/c1-3-5(13)7(15)8(16)12(20-3)21-10-6(14)4(2)19-11(18)9(10)17/h3-18H,1-2H3/t3-,4+,5+,6+,7+,8-,9-,10-,11?,12+/m1/s1. The zero-order chi connectivity index (χ0) is 15.9. The maximum absolute atomic E-state index is 9.96. The summed E-state index contributed by atoms with van der Waals surface area (Å²) in [5.41, 5.74) is 0. The average Bonchev–Trinajstić information content (AvgIpc) is 2.44. The van der Waals surface area contributed by atoms with Crippen molar-refractivity contribution in [3.8, 4) is 0 Å². The van der Waals surface area contributed by atoms with Gasteiger partial charge in [-0.15, -0.1) is 0 Å². The minimum atomic E-state index is -1.56. The molecule has 2 heterocycles. The number of aliphatic hydroxyl groups is 6. The Balaban J connectivity index is 2.08. The highest BCUT2D eigenvalue weighted by Crippen LogP contribution is 2.28. The molecule has 2 aliphatic heterocycles. The van der Waals surface area contributed by atoms with Gasteiger partial charge in [0, 0.05) is 0 Å². The lowest BCUT2D eigenvalue weighted by atomic mass is 9.97. The van der Waals surface area contributed by atoms with Crippen LogP contribution in [0.2, 0.25) is 0 Å². The fraction of sp³-hybridized carbons (Fsp3) is 1.00. The normalized spacial score (nSPS) is 55.4. The summed E-state index contributed by atoms with van der Waals surface area (Å²) < 4.78 is 15.4. The molecule has 0 aliphatic carbocycles. The van der Waals surface area contributed by atoms with Gasteiger partial charge in [0.05, 0.1) is 12.2 Å². The van der Waals surface area contributed by atoms with Gasteiger partial charge in [-0.05, 0) is 13.8 Å². The van der Waals surface area contributed by atoms with Gasteiger partial charge in [0.15, 0.2) is 12.6 Å². The van der Waals surface area contributed by atoms with Crippen LogP contribution in [-0.2, 0) is 14.2 Å². The molecule has 2 fully saturated rings. The Labute approximate surface area is 121 Å². The highest BCUT2D eigenvalue weighted by molar-refractivity contribution is 4.92. The first-order chi connectivity index (χ1) is 9.73. The molecule has 0 aromatic heterocycles. The van der Waals surface area contributed by atoms with E-state index in [1.807, 2.05) is 0 Å². The van der Waals surface area contributed by atoms with E-state index >= 15 is 0 Å². The van der Waals surface area contributed by atoms with Crippen LogP contribution in [-0.4, -0.2) is 92.1 Å². The molecule has 0 aromatic rings. The Hall–Kier alpha value is -0.360. The van der Waals surface area contributed by atoms with Crippen molar-refractivity contribution in [3.05, 3.63) is 0 Å². The second-order valence-corrected chi connectivity index (χ2v) is 5.50. The highest BCUT2D eigenvalue weighted by atomic mass is 16.7.